The molecule has 3 nitrogen and oxygen atoms in total. The van der Waals surface area contributed by atoms with Gasteiger partial charge < -0.3 is 5.11 Å². The van der Waals surface area contributed by atoms with Gasteiger partial charge in [0.05, 0.1) is 0 Å². The number of nitrogens with zero attached hydrogens (tertiary/aromatic N) is 2. The summed E-state index contributed by atoms with van der Waals surface area (Å²) in [7, 11) is 0. The zero-order valence-electron chi connectivity index (χ0n) is 8.14. The first kappa shape index (κ1) is 11.0. The second-order valence-corrected chi connectivity index (χ2v) is 3.58. The van der Waals surface area contributed by atoms with Crippen molar-refractivity contribution in [2.24, 2.45) is 0 Å². The molecule has 1 aromatic carbocycles. The number of aliphatic hydroxyl groups excluding tert-OH is 1. The third kappa shape index (κ3) is 2.18. The number of hydrogen-bond acceptors (Lipinski definition) is 3. The van der Waals surface area contributed by atoms with Crippen molar-refractivity contribution in [1.82, 2.24) is 9.97 Å². The van der Waals surface area contributed by atoms with E-state index >= 15 is 0 Å². The molecule has 0 radical (unpaired) electrons. The van der Waals surface area contributed by atoms with Gasteiger partial charge in [-0.25, -0.2) is 14.4 Å². The summed E-state index contributed by atoms with van der Waals surface area (Å²) < 4.78 is 13.0. The number of hydrogen-bond donors (Lipinski definition) is 1. The van der Waals surface area contributed by atoms with Crippen molar-refractivity contribution in [2.75, 3.05) is 0 Å². The molecular formula is C11H8ClFN2O. The fraction of sp³-hybridized carbons (Fsp3) is 0.0909. The lowest BCUT2D eigenvalue weighted by molar-refractivity contribution is 0.209. The summed E-state index contributed by atoms with van der Waals surface area (Å²) in [6, 6.07) is 5.41. The van der Waals surface area contributed by atoms with E-state index in [0.717, 1.165) is 0 Å². The van der Waals surface area contributed by atoms with E-state index in [4.69, 9.17) is 11.6 Å². The second kappa shape index (κ2) is 4.55. The van der Waals surface area contributed by atoms with Crippen molar-refractivity contribution in [1.29, 1.82) is 0 Å². The fourth-order valence-corrected chi connectivity index (χ4v) is 1.54. The van der Waals surface area contributed by atoms with E-state index in [2.05, 4.69) is 9.97 Å². The van der Waals surface area contributed by atoms with Crippen LogP contribution in [0.1, 0.15) is 17.5 Å². The van der Waals surface area contributed by atoms with Crippen LogP contribution in [-0.2, 0) is 0 Å². The van der Waals surface area contributed by atoms with Crippen LogP contribution in [0.5, 0.6) is 0 Å². The zero-order valence-corrected chi connectivity index (χ0v) is 8.89. The van der Waals surface area contributed by atoms with Crippen molar-refractivity contribution in [3.63, 3.8) is 0 Å². The molecule has 0 amide bonds. The van der Waals surface area contributed by atoms with Gasteiger partial charge in [0.2, 0.25) is 0 Å². The highest BCUT2D eigenvalue weighted by Crippen LogP contribution is 2.26. The summed E-state index contributed by atoms with van der Waals surface area (Å²) in [5.74, 6) is -0.274. The molecule has 0 aliphatic heterocycles. The largest absolute Gasteiger partial charge is 0.380 e. The first-order valence-electron chi connectivity index (χ1n) is 4.58. The first-order valence-corrected chi connectivity index (χ1v) is 4.96. The SMILES string of the molecule is OC(c1ncccn1)c1cc(F)ccc1Cl. The molecule has 2 rings (SSSR count). The Balaban J connectivity index is 2.41. The Kier molecular flexibility index (Phi) is 3.12. The number of aliphatic hydroxyl groups is 1. The molecule has 1 heterocycles. The fourth-order valence-electron chi connectivity index (χ4n) is 1.32. The molecule has 0 spiro atoms. The van der Waals surface area contributed by atoms with Crippen molar-refractivity contribution in [2.45, 2.75) is 6.10 Å². The summed E-state index contributed by atoms with van der Waals surface area (Å²) in [6.45, 7) is 0. The molecule has 16 heavy (non-hydrogen) atoms. The molecule has 2 aromatic rings. The molecule has 0 bridgehead atoms. The normalized spacial score (nSPS) is 12.4. The maximum absolute atomic E-state index is 13.0. The average molecular weight is 239 g/mol. The van der Waals surface area contributed by atoms with Crippen LogP contribution in [0.25, 0.3) is 0 Å². The van der Waals surface area contributed by atoms with Gasteiger partial charge in [0.15, 0.2) is 5.82 Å². The third-order valence-corrected chi connectivity index (χ3v) is 2.43. The Morgan fingerprint density at radius 1 is 1.25 bits per heavy atom. The van der Waals surface area contributed by atoms with Gasteiger partial charge >= 0.3 is 0 Å². The van der Waals surface area contributed by atoms with E-state index in [9.17, 15) is 9.50 Å². The van der Waals surface area contributed by atoms with Crippen LogP contribution >= 0.6 is 11.6 Å². The highest BCUT2D eigenvalue weighted by molar-refractivity contribution is 6.31. The van der Waals surface area contributed by atoms with Gasteiger partial charge in [-0.15, -0.1) is 0 Å². The van der Waals surface area contributed by atoms with Crippen LogP contribution < -0.4 is 0 Å². The second-order valence-electron chi connectivity index (χ2n) is 3.18. The van der Waals surface area contributed by atoms with Crippen molar-refractivity contribution < 1.29 is 9.50 Å². The predicted molar refractivity (Wildman–Crippen MR) is 57.5 cm³/mol. The maximum Gasteiger partial charge on any atom is 0.161 e. The number of halogens is 2. The van der Waals surface area contributed by atoms with Crippen LogP contribution in [0.15, 0.2) is 36.7 Å². The molecule has 1 aromatic heterocycles. The lowest BCUT2D eigenvalue weighted by atomic mass is 10.1. The Hall–Kier alpha value is -1.52. The Morgan fingerprint density at radius 3 is 2.62 bits per heavy atom. The van der Waals surface area contributed by atoms with Crippen molar-refractivity contribution in [3.05, 3.63) is 58.9 Å². The lowest BCUT2D eigenvalue weighted by Gasteiger charge is -2.10. The third-order valence-electron chi connectivity index (χ3n) is 2.08. The summed E-state index contributed by atoms with van der Waals surface area (Å²) in [5.41, 5.74) is 0.257. The molecule has 1 unspecified atom stereocenters. The maximum atomic E-state index is 13.0. The monoisotopic (exact) mass is 238 g/mol. The Bertz CT molecular complexity index is 493. The van der Waals surface area contributed by atoms with Gasteiger partial charge in [-0.1, -0.05) is 11.6 Å². The minimum absolute atomic E-state index is 0.190. The predicted octanol–water partition coefficient (Wildman–Crippen LogP) is 2.35. The summed E-state index contributed by atoms with van der Waals surface area (Å²) >= 11 is 5.86. The van der Waals surface area contributed by atoms with Gasteiger partial charge in [0, 0.05) is 23.0 Å². The van der Waals surface area contributed by atoms with Gasteiger partial charge in [-0.2, -0.15) is 0 Å². The van der Waals surface area contributed by atoms with E-state index in [1.165, 1.54) is 30.6 Å². The topological polar surface area (TPSA) is 46.0 Å². The average Bonchev–Trinajstić information content (AvgIpc) is 2.32. The highest BCUT2D eigenvalue weighted by atomic mass is 35.5. The Morgan fingerprint density at radius 2 is 1.94 bits per heavy atom. The van der Waals surface area contributed by atoms with Gasteiger partial charge in [0.1, 0.15) is 11.9 Å². The molecule has 0 saturated heterocycles. The summed E-state index contributed by atoms with van der Waals surface area (Å²) in [6.07, 6.45) is 1.88. The molecule has 1 atom stereocenters. The van der Waals surface area contributed by atoms with Crippen molar-refractivity contribution >= 4 is 11.6 Å². The molecule has 1 N–H and O–H groups in total. The molecule has 5 heteroatoms. The quantitative estimate of drug-likeness (QED) is 0.874. The van der Waals surface area contributed by atoms with E-state index in [1.54, 1.807) is 6.07 Å². The minimum Gasteiger partial charge on any atom is -0.380 e. The van der Waals surface area contributed by atoms with Gasteiger partial charge in [-0.3, -0.25) is 0 Å². The zero-order chi connectivity index (χ0) is 11.5. The van der Waals surface area contributed by atoms with E-state index in [1.807, 2.05) is 0 Å². The van der Waals surface area contributed by atoms with Crippen LogP contribution in [0, 0.1) is 5.82 Å². The lowest BCUT2D eigenvalue weighted by Crippen LogP contribution is -2.05. The molecule has 0 aliphatic rings. The van der Waals surface area contributed by atoms with Crippen LogP contribution in [0.4, 0.5) is 4.39 Å². The summed E-state index contributed by atoms with van der Waals surface area (Å²) in [4.78, 5) is 7.77. The number of aromatic nitrogens is 2. The van der Waals surface area contributed by atoms with E-state index in [-0.39, 0.29) is 16.4 Å². The smallest absolute Gasteiger partial charge is 0.161 e. The minimum atomic E-state index is -1.12. The highest BCUT2D eigenvalue weighted by Gasteiger charge is 2.16. The number of rotatable bonds is 2. The molecule has 82 valence electrons. The van der Waals surface area contributed by atoms with Gasteiger partial charge in [-0.05, 0) is 24.3 Å². The molecule has 0 aliphatic carbocycles. The Labute approximate surface area is 96.6 Å². The molecule has 0 fully saturated rings. The van der Waals surface area contributed by atoms with E-state index < -0.39 is 11.9 Å². The van der Waals surface area contributed by atoms with Crippen LogP contribution in [-0.4, -0.2) is 15.1 Å². The van der Waals surface area contributed by atoms with Crippen molar-refractivity contribution in [3.8, 4) is 0 Å². The molecular weight excluding hydrogens is 231 g/mol. The van der Waals surface area contributed by atoms with Crippen LogP contribution in [0.2, 0.25) is 5.02 Å². The van der Waals surface area contributed by atoms with E-state index in [0.29, 0.717) is 0 Å². The number of benzene rings is 1. The molecule has 0 saturated carbocycles. The summed E-state index contributed by atoms with van der Waals surface area (Å²) in [5, 5.41) is 10.2. The standard InChI is InChI=1S/C11H8ClFN2O/c12-9-3-2-7(13)6-8(9)10(16)11-14-4-1-5-15-11/h1-6,10,16H. The van der Waals surface area contributed by atoms with Crippen LogP contribution in [0.3, 0.4) is 0 Å². The first-order chi connectivity index (χ1) is 7.68. The van der Waals surface area contributed by atoms with Gasteiger partial charge in [0.25, 0.3) is 0 Å².